The number of nitrogen functional groups attached to an aromatic ring is 1. The van der Waals surface area contributed by atoms with Crippen LogP contribution in [0, 0.1) is 12.7 Å². The minimum atomic E-state index is -0.847. The number of aromatic nitrogens is 4. The van der Waals surface area contributed by atoms with Gasteiger partial charge >= 0.3 is 0 Å². The second-order valence-corrected chi connectivity index (χ2v) is 7.73. The molecule has 0 aliphatic rings. The summed E-state index contributed by atoms with van der Waals surface area (Å²) in [5, 5.41) is 17.5. The van der Waals surface area contributed by atoms with Crippen LogP contribution in [0.25, 0.3) is 16.8 Å². The van der Waals surface area contributed by atoms with Crippen molar-refractivity contribution in [2.24, 2.45) is 0 Å². The van der Waals surface area contributed by atoms with Crippen molar-refractivity contribution in [2.45, 2.75) is 19.4 Å². The van der Waals surface area contributed by atoms with Gasteiger partial charge in [0.1, 0.15) is 5.82 Å². The Morgan fingerprint density at radius 3 is 2.88 bits per heavy atom. The Balaban J connectivity index is 1.50. The first-order chi connectivity index (χ1) is 15.3. The zero-order valence-corrected chi connectivity index (χ0v) is 17.8. The van der Waals surface area contributed by atoms with Crippen LogP contribution in [0.2, 0.25) is 5.02 Å². The van der Waals surface area contributed by atoms with Crippen LogP contribution in [0.15, 0.2) is 48.8 Å². The maximum Gasteiger partial charge on any atom is 0.251 e. The predicted molar refractivity (Wildman–Crippen MR) is 119 cm³/mol. The molecule has 32 heavy (non-hydrogen) atoms. The van der Waals surface area contributed by atoms with Gasteiger partial charge in [-0.25, -0.2) is 8.91 Å². The highest BCUT2D eigenvalue weighted by atomic mass is 35.5. The van der Waals surface area contributed by atoms with Gasteiger partial charge in [-0.15, -0.1) is 5.10 Å². The molecule has 1 amide bonds. The zero-order valence-electron chi connectivity index (χ0n) is 17.1. The van der Waals surface area contributed by atoms with E-state index in [9.17, 15) is 14.3 Å². The van der Waals surface area contributed by atoms with Crippen molar-refractivity contribution in [3.63, 3.8) is 0 Å². The molecule has 0 radical (unpaired) electrons. The normalized spacial score (nSPS) is 12.1. The minimum absolute atomic E-state index is 0.114. The first kappa shape index (κ1) is 21.7. The smallest absolute Gasteiger partial charge is 0.251 e. The van der Waals surface area contributed by atoms with Gasteiger partial charge in [0.25, 0.3) is 5.91 Å². The number of nitrogens with two attached hydrogens (primary N) is 1. The number of hydrogen-bond acceptors (Lipinski definition) is 6. The van der Waals surface area contributed by atoms with Crippen molar-refractivity contribution >= 4 is 29.1 Å². The number of amides is 1. The highest BCUT2D eigenvalue weighted by molar-refractivity contribution is 6.30. The lowest BCUT2D eigenvalue weighted by molar-refractivity contribution is 0.0941. The highest BCUT2D eigenvalue weighted by Crippen LogP contribution is 2.27. The van der Waals surface area contributed by atoms with Gasteiger partial charge in [0.2, 0.25) is 5.95 Å². The third-order valence-corrected chi connectivity index (χ3v) is 5.24. The molecule has 4 rings (SSSR count). The van der Waals surface area contributed by atoms with Crippen molar-refractivity contribution < 1.29 is 14.3 Å². The SMILES string of the molecule is Cc1cc(F)c(-c2ccn3nc(N)nc3c2)cc1C(=O)NCCC(O)c1ccc(Cl)cn1. The number of fused-ring (bicyclic) bond motifs is 1. The van der Waals surface area contributed by atoms with Crippen molar-refractivity contribution in [2.75, 3.05) is 12.3 Å². The number of halogens is 2. The van der Waals surface area contributed by atoms with E-state index in [0.717, 1.165) is 0 Å². The largest absolute Gasteiger partial charge is 0.387 e. The van der Waals surface area contributed by atoms with Crippen LogP contribution in [0.4, 0.5) is 10.3 Å². The van der Waals surface area contributed by atoms with E-state index in [1.165, 1.54) is 22.8 Å². The number of aliphatic hydroxyl groups is 1. The van der Waals surface area contributed by atoms with E-state index < -0.39 is 11.9 Å². The fraction of sp³-hybridized carbons (Fsp3) is 0.182. The summed E-state index contributed by atoms with van der Waals surface area (Å²) >= 11 is 5.80. The molecule has 0 spiro atoms. The van der Waals surface area contributed by atoms with E-state index >= 15 is 0 Å². The van der Waals surface area contributed by atoms with Crippen LogP contribution in [0.1, 0.15) is 34.1 Å². The van der Waals surface area contributed by atoms with Crippen LogP contribution in [-0.2, 0) is 0 Å². The Hall–Kier alpha value is -3.56. The summed E-state index contributed by atoms with van der Waals surface area (Å²) in [7, 11) is 0. The lowest BCUT2D eigenvalue weighted by atomic mass is 9.99. The lowest BCUT2D eigenvalue weighted by Gasteiger charge is -2.13. The number of anilines is 1. The molecule has 4 aromatic rings. The quantitative estimate of drug-likeness (QED) is 0.411. The molecule has 8 nitrogen and oxygen atoms in total. The van der Waals surface area contributed by atoms with E-state index in [4.69, 9.17) is 17.3 Å². The summed E-state index contributed by atoms with van der Waals surface area (Å²) in [6.07, 6.45) is 2.49. The van der Waals surface area contributed by atoms with Gasteiger partial charge in [0, 0.05) is 30.1 Å². The minimum Gasteiger partial charge on any atom is -0.387 e. The van der Waals surface area contributed by atoms with E-state index in [1.807, 2.05) is 0 Å². The molecular weight excluding hydrogens is 435 g/mol. The molecule has 0 aliphatic heterocycles. The number of carbonyl (C=O) groups excluding carboxylic acids is 1. The summed E-state index contributed by atoms with van der Waals surface area (Å²) in [6, 6.07) is 9.41. The molecule has 0 saturated heterocycles. The van der Waals surface area contributed by atoms with Crippen molar-refractivity contribution in [1.82, 2.24) is 24.9 Å². The maximum atomic E-state index is 14.7. The van der Waals surface area contributed by atoms with E-state index in [2.05, 4.69) is 20.4 Å². The van der Waals surface area contributed by atoms with Crippen LogP contribution < -0.4 is 11.1 Å². The molecule has 0 fully saturated rings. The molecule has 3 heterocycles. The molecule has 4 N–H and O–H groups in total. The number of nitrogens with one attached hydrogen (secondary N) is 1. The third-order valence-electron chi connectivity index (χ3n) is 5.02. The zero-order chi connectivity index (χ0) is 22.8. The summed E-state index contributed by atoms with van der Waals surface area (Å²) in [5.74, 6) is -0.712. The topological polar surface area (TPSA) is 118 Å². The van der Waals surface area contributed by atoms with Crippen molar-refractivity contribution in [1.29, 1.82) is 0 Å². The molecule has 0 bridgehead atoms. The van der Waals surface area contributed by atoms with Crippen LogP contribution >= 0.6 is 11.6 Å². The number of nitrogens with zero attached hydrogens (tertiary/aromatic N) is 4. The Bertz CT molecular complexity index is 1290. The van der Waals surface area contributed by atoms with E-state index in [1.54, 1.807) is 37.4 Å². The number of pyridine rings is 2. The number of carbonyl (C=O) groups is 1. The first-order valence-electron chi connectivity index (χ1n) is 9.82. The number of rotatable bonds is 6. The number of hydrogen-bond donors (Lipinski definition) is 3. The van der Waals surface area contributed by atoms with Crippen LogP contribution in [-0.4, -0.2) is 37.1 Å². The van der Waals surface area contributed by atoms with Gasteiger partial charge in [-0.1, -0.05) is 11.6 Å². The standard InChI is InChI=1S/C22H20ClFN6O2/c1-12-8-17(24)16(13-5-7-30-20(9-13)28-22(25)29-30)10-15(12)21(32)26-6-4-19(31)18-3-2-14(23)11-27-18/h2-3,5,7-11,19,31H,4,6H2,1H3,(H2,25,29)(H,26,32). The second kappa shape index (κ2) is 8.89. The second-order valence-electron chi connectivity index (χ2n) is 7.30. The number of benzene rings is 1. The Kier molecular flexibility index (Phi) is 6.02. The lowest BCUT2D eigenvalue weighted by Crippen LogP contribution is -2.26. The van der Waals surface area contributed by atoms with E-state index in [-0.39, 0.29) is 30.4 Å². The fourth-order valence-electron chi connectivity index (χ4n) is 3.35. The highest BCUT2D eigenvalue weighted by Gasteiger charge is 2.16. The molecule has 1 atom stereocenters. The Morgan fingerprint density at radius 1 is 1.31 bits per heavy atom. The van der Waals surface area contributed by atoms with Gasteiger partial charge in [-0.05, 0) is 60.9 Å². The summed E-state index contributed by atoms with van der Waals surface area (Å²) in [4.78, 5) is 20.9. The average Bonchev–Trinajstić information content (AvgIpc) is 3.13. The fourth-order valence-corrected chi connectivity index (χ4v) is 3.47. The molecule has 0 aliphatic carbocycles. The van der Waals surface area contributed by atoms with Crippen LogP contribution in [0.3, 0.4) is 0 Å². The third kappa shape index (κ3) is 4.53. The maximum absolute atomic E-state index is 14.7. The van der Waals surface area contributed by atoms with Crippen molar-refractivity contribution in [3.8, 4) is 11.1 Å². The first-order valence-corrected chi connectivity index (χ1v) is 10.2. The van der Waals surface area contributed by atoms with Gasteiger partial charge in [0.15, 0.2) is 5.65 Å². The molecule has 164 valence electrons. The van der Waals surface area contributed by atoms with Gasteiger partial charge < -0.3 is 16.2 Å². The molecule has 1 unspecified atom stereocenters. The Labute approximate surface area is 187 Å². The van der Waals surface area contributed by atoms with Gasteiger partial charge in [-0.2, -0.15) is 4.98 Å². The average molecular weight is 455 g/mol. The number of aliphatic hydroxyl groups excluding tert-OH is 1. The summed E-state index contributed by atoms with van der Waals surface area (Å²) < 4.78 is 16.2. The number of aryl methyl sites for hydroxylation is 1. The van der Waals surface area contributed by atoms with Gasteiger partial charge in [0.05, 0.1) is 16.8 Å². The molecule has 0 saturated carbocycles. The predicted octanol–water partition coefficient (Wildman–Crippen LogP) is 3.33. The Morgan fingerprint density at radius 2 is 2.12 bits per heavy atom. The summed E-state index contributed by atoms with van der Waals surface area (Å²) in [6.45, 7) is 1.87. The van der Waals surface area contributed by atoms with Crippen LogP contribution in [0.5, 0.6) is 0 Å². The summed E-state index contributed by atoms with van der Waals surface area (Å²) in [5.41, 5.74) is 8.17. The molecular formula is C22H20ClFN6O2. The molecule has 1 aromatic carbocycles. The van der Waals surface area contributed by atoms with Crippen molar-refractivity contribution in [3.05, 3.63) is 76.5 Å². The molecule has 3 aromatic heterocycles. The van der Waals surface area contributed by atoms with Gasteiger partial charge in [-0.3, -0.25) is 9.78 Å². The van der Waals surface area contributed by atoms with E-state index in [0.29, 0.717) is 33.1 Å². The molecule has 10 heteroatoms. The monoisotopic (exact) mass is 454 g/mol.